The van der Waals surface area contributed by atoms with Gasteiger partial charge < -0.3 is 4.90 Å². The van der Waals surface area contributed by atoms with Crippen LogP contribution in [0.2, 0.25) is 0 Å². The molecule has 0 N–H and O–H groups in total. The monoisotopic (exact) mass is 307 g/mol. The summed E-state index contributed by atoms with van der Waals surface area (Å²) in [6.45, 7) is 0. The van der Waals surface area contributed by atoms with E-state index < -0.39 is 0 Å². The van der Waals surface area contributed by atoms with Crippen molar-refractivity contribution in [3.63, 3.8) is 0 Å². The number of benzene rings is 2. The lowest BCUT2D eigenvalue weighted by atomic mass is 10.0. The van der Waals surface area contributed by atoms with Crippen LogP contribution < -0.4 is 0 Å². The van der Waals surface area contributed by atoms with E-state index in [-0.39, 0.29) is 5.91 Å². The summed E-state index contributed by atoms with van der Waals surface area (Å²) in [6, 6.07) is 22.4. The van der Waals surface area contributed by atoms with Crippen molar-refractivity contribution in [1.29, 1.82) is 0 Å². The summed E-state index contributed by atoms with van der Waals surface area (Å²) in [6.07, 6.45) is 0. The Bertz CT molecular complexity index is 719. The van der Waals surface area contributed by atoms with Crippen molar-refractivity contribution in [1.82, 2.24) is 4.90 Å². The number of nitrogens with zero attached hydrogens (tertiary/aromatic N) is 1. The molecule has 2 aromatic carbocycles. The number of hydrogen-bond donors (Lipinski definition) is 0. The van der Waals surface area contributed by atoms with Gasteiger partial charge in [-0.1, -0.05) is 60.7 Å². The standard InChI is InChI=1S/C19H17NOS/c1-20(2)19(21)17-13-16(14-9-5-3-6-10-14)18(22-17)15-11-7-4-8-12-15/h3-13H,1-2H3. The summed E-state index contributed by atoms with van der Waals surface area (Å²) in [4.78, 5) is 15.8. The molecular weight excluding hydrogens is 290 g/mol. The second kappa shape index (κ2) is 6.16. The van der Waals surface area contributed by atoms with Gasteiger partial charge in [0.2, 0.25) is 0 Å². The van der Waals surface area contributed by atoms with Crippen LogP contribution in [0.1, 0.15) is 9.67 Å². The summed E-state index contributed by atoms with van der Waals surface area (Å²) >= 11 is 1.55. The van der Waals surface area contributed by atoms with Crippen LogP contribution in [0.4, 0.5) is 0 Å². The van der Waals surface area contributed by atoms with E-state index in [0.717, 1.165) is 26.4 Å². The van der Waals surface area contributed by atoms with Crippen molar-refractivity contribution in [2.75, 3.05) is 14.1 Å². The van der Waals surface area contributed by atoms with Gasteiger partial charge in [-0.15, -0.1) is 11.3 Å². The third kappa shape index (κ3) is 2.81. The molecule has 3 rings (SSSR count). The highest BCUT2D eigenvalue weighted by Crippen LogP contribution is 2.39. The summed E-state index contributed by atoms with van der Waals surface area (Å²) < 4.78 is 0. The maximum atomic E-state index is 12.3. The molecule has 110 valence electrons. The third-order valence-electron chi connectivity index (χ3n) is 3.47. The molecule has 0 unspecified atom stereocenters. The SMILES string of the molecule is CN(C)C(=O)c1cc(-c2ccccc2)c(-c2ccccc2)s1. The Morgan fingerprint density at radius 1 is 0.864 bits per heavy atom. The maximum absolute atomic E-state index is 12.3. The number of rotatable bonds is 3. The van der Waals surface area contributed by atoms with Gasteiger partial charge in [-0.05, 0) is 17.2 Å². The Morgan fingerprint density at radius 2 is 1.41 bits per heavy atom. The zero-order valence-electron chi connectivity index (χ0n) is 12.6. The summed E-state index contributed by atoms with van der Waals surface area (Å²) in [5, 5.41) is 0. The summed E-state index contributed by atoms with van der Waals surface area (Å²) in [5.41, 5.74) is 3.39. The Hall–Kier alpha value is -2.39. The molecule has 0 aliphatic heterocycles. The molecule has 2 nitrogen and oxygen atoms in total. The van der Waals surface area contributed by atoms with E-state index >= 15 is 0 Å². The van der Waals surface area contributed by atoms with Crippen LogP contribution in [-0.4, -0.2) is 24.9 Å². The molecule has 0 bridgehead atoms. The average Bonchev–Trinajstić information content (AvgIpc) is 3.01. The highest BCUT2D eigenvalue weighted by atomic mass is 32.1. The molecule has 0 spiro atoms. The second-order valence-corrected chi connectivity index (χ2v) is 6.34. The third-order valence-corrected chi connectivity index (χ3v) is 4.64. The van der Waals surface area contributed by atoms with E-state index in [1.165, 1.54) is 0 Å². The highest BCUT2D eigenvalue weighted by Gasteiger charge is 2.18. The fraction of sp³-hybridized carbons (Fsp3) is 0.105. The smallest absolute Gasteiger partial charge is 0.263 e. The predicted octanol–water partition coefficient (Wildman–Crippen LogP) is 4.78. The minimum atomic E-state index is 0.0457. The fourth-order valence-electron chi connectivity index (χ4n) is 2.35. The number of carbonyl (C=O) groups is 1. The highest BCUT2D eigenvalue weighted by molar-refractivity contribution is 7.18. The molecule has 0 aliphatic rings. The van der Waals surface area contributed by atoms with E-state index in [0.29, 0.717) is 0 Å². The van der Waals surface area contributed by atoms with Crippen molar-refractivity contribution in [2.24, 2.45) is 0 Å². The Balaban J connectivity index is 2.17. The predicted molar refractivity (Wildman–Crippen MR) is 93.2 cm³/mol. The topological polar surface area (TPSA) is 20.3 Å². The van der Waals surface area contributed by atoms with Crippen molar-refractivity contribution in [3.05, 3.63) is 71.6 Å². The molecular formula is C19H17NOS. The van der Waals surface area contributed by atoms with E-state index in [2.05, 4.69) is 24.3 Å². The maximum Gasteiger partial charge on any atom is 0.263 e. The van der Waals surface area contributed by atoms with Crippen molar-refractivity contribution in [3.8, 4) is 21.6 Å². The van der Waals surface area contributed by atoms with Gasteiger partial charge >= 0.3 is 0 Å². The van der Waals surface area contributed by atoms with Gasteiger partial charge in [0.15, 0.2) is 0 Å². The fourth-order valence-corrected chi connectivity index (χ4v) is 3.56. The van der Waals surface area contributed by atoms with Crippen LogP contribution in [0.3, 0.4) is 0 Å². The number of amides is 1. The normalized spacial score (nSPS) is 10.5. The molecule has 0 atom stereocenters. The van der Waals surface area contributed by atoms with Gasteiger partial charge in [0.1, 0.15) is 0 Å². The van der Waals surface area contributed by atoms with E-state index in [1.54, 1.807) is 30.3 Å². The first-order valence-electron chi connectivity index (χ1n) is 7.13. The first kappa shape index (κ1) is 14.5. The molecule has 0 saturated heterocycles. The van der Waals surface area contributed by atoms with Crippen molar-refractivity contribution in [2.45, 2.75) is 0 Å². The van der Waals surface area contributed by atoms with Crippen LogP contribution >= 0.6 is 11.3 Å². The number of hydrogen-bond acceptors (Lipinski definition) is 2. The lowest BCUT2D eigenvalue weighted by Crippen LogP contribution is -2.20. The molecule has 22 heavy (non-hydrogen) atoms. The summed E-state index contributed by atoms with van der Waals surface area (Å²) in [5.74, 6) is 0.0457. The molecule has 0 saturated carbocycles. The molecule has 0 aliphatic carbocycles. The molecule has 3 aromatic rings. The molecule has 1 heterocycles. The van der Waals surface area contributed by atoms with E-state index in [1.807, 2.05) is 42.5 Å². The lowest BCUT2D eigenvalue weighted by Gasteiger charge is -2.07. The van der Waals surface area contributed by atoms with Crippen LogP contribution in [0.25, 0.3) is 21.6 Å². The van der Waals surface area contributed by atoms with E-state index in [9.17, 15) is 4.79 Å². The minimum absolute atomic E-state index is 0.0457. The Labute approximate surface area is 134 Å². The van der Waals surface area contributed by atoms with Gasteiger partial charge in [-0.2, -0.15) is 0 Å². The van der Waals surface area contributed by atoms with Crippen molar-refractivity contribution < 1.29 is 4.79 Å². The Morgan fingerprint density at radius 3 is 1.95 bits per heavy atom. The molecule has 0 fully saturated rings. The summed E-state index contributed by atoms with van der Waals surface area (Å²) in [7, 11) is 3.57. The number of thiophene rings is 1. The zero-order chi connectivity index (χ0) is 15.5. The van der Waals surface area contributed by atoms with Crippen LogP contribution in [-0.2, 0) is 0 Å². The molecule has 0 radical (unpaired) electrons. The zero-order valence-corrected chi connectivity index (χ0v) is 13.4. The second-order valence-electron chi connectivity index (χ2n) is 5.29. The molecule has 3 heteroatoms. The van der Waals surface area contributed by atoms with Gasteiger partial charge in [0.05, 0.1) is 4.88 Å². The van der Waals surface area contributed by atoms with Crippen LogP contribution in [0.15, 0.2) is 66.7 Å². The van der Waals surface area contributed by atoms with Gasteiger partial charge in [-0.3, -0.25) is 4.79 Å². The van der Waals surface area contributed by atoms with Crippen molar-refractivity contribution >= 4 is 17.2 Å². The quantitative estimate of drug-likeness (QED) is 0.681. The van der Waals surface area contributed by atoms with Gasteiger partial charge in [0.25, 0.3) is 5.91 Å². The molecule has 1 amide bonds. The van der Waals surface area contributed by atoms with Crippen LogP contribution in [0.5, 0.6) is 0 Å². The average molecular weight is 307 g/mol. The first-order valence-corrected chi connectivity index (χ1v) is 7.95. The Kier molecular flexibility index (Phi) is 4.07. The largest absolute Gasteiger partial charge is 0.344 e. The first-order chi connectivity index (χ1) is 10.7. The van der Waals surface area contributed by atoms with Gasteiger partial charge in [0, 0.05) is 24.5 Å². The minimum Gasteiger partial charge on any atom is -0.344 e. The molecule has 1 aromatic heterocycles. The lowest BCUT2D eigenvalue weighted by molar-refractivity contribution is 0.0832. The number of carbonyl (C=O) groups excluding carboxylic acids is 1. The van der Waals surface area contributed by atoms with Gasteiger partial charge in [-0.25, -0.2) is 0 Å². The van der Waals surface area contributed by atoms with E-state index in [4.69, 9.17) is 0 Å². The van der Waals surface area contributed by atoms with Crippen LogP contribution in [0, 0.1) is 0 Å².